The first kappa shape index (κ1) is 13.6. The Labute approximate surface area is 116 Å². The van der Waals surface area contributed by atoms with Crippen molar-refractivity contribution in [2.24, 2.45) is 0 Å². The highest BCUT2D eigenvalue weighted by Gasteiger charge is 2.07. The maximum Gasteiger partial charge on any atom is 0.228 e. The van der Waals surface area contributed by atoms with Crippen LogP contribution in [0.2, 0.25) is 0 Å². The molecule has 1 amide bonds. The van der Waals surface area contributed by atoms with E-state index in [9.17, 15) is 13.6 Å². The molecule has 0 saturated carbocycles. The van der Waals surface area contributed by atoms with E-state index >= 15 is 0 Å². The van der Waals surface area contributed by atoms with Gasteiger partial charge in [-0.3, -0.25) is 4.79 Å². The van der Waals surface area contributed by atoms with Crippen LogP contribution in [0.5, 0.6) is 0 Å². The minimum atomic E-state index is -0.962. The standard InChI is InChI=1S/C13H9BrF2N2O/c14-12-4-2-9(7-17-12)18-13(19)6-8-1-3-10(15)11(16)5-8/h1-5,7H,6H2,(H,18,19). The second-order valence-corrected chi connectivity index (χ2v) is 4.66. The topological polar surface area (TPSA) is 42.0 Å². The lowest BCUT2D eigenvalue weighted by atomic mass is 10.1. The van der Waals surface area contributed by atoms with Crippen LogP contribution in [0.25, 0.3) is 0 Å². The average molecular weight is 327 g/mol. The molecule has 0 aliphatic heterocycles. The number of hydrogen-bond donors (Lipinski definition) is 1. The summed E-state index contributed by atoms with van der Waals surface area (Å²) in [6.45, 7) is 0. The molecule has 0 saturated heterocycles. The number of rotatable bonds is 3. The summed E-state index contributed by atoms with van der Waals surface area (Å²) < 4.78 is 26.4. The summed E-state index contributed by atoms with van der Waals surface area (Å²) in [4.78, 5) is 15.7. The highest BCUT2D eigenvalue weighted by Crippen LogP contribution is 2.12. The molecule has 1 N–H and O–H groups in total. The number of pyridine rings is 1. The molecule has 0 spiro atoms. The fraction of sp³-hybridized carbons (Fsp3) is 0.0769. The van der Waals surface area contributed by atoms with E-state index in [-0.39, 0.29) is 12.3 Å². The third-order valence-corrected chi connectivity index (χ3v) is 2.83. The molecular weight excluding hydrogens is 318 g/mol. The number of aromatic nitrogens is 1. The van der Waals surface area contributed by atoms with E-state index in [1.165, 1.54) is 12.3 Å². The zero-order valence-electron chi connectivity index (χ0n) is 9.66. The first-order chi connectivity index (χ1) is 9.04. The van der Waals surface area contributed by atoms with Gasteiger partial charge in [0.15, 0.2) is 11.6 Å². The molecule has 0 radical (unpaired) electrons. The Kier molecular flexibility index (Phi) is 4.21. The molecule has 19 heavy (non-hydrogen) atoms. The molecule has 0 aliphatic rings. The summed E-state index contributed by atoms with van der Waals surface area (Å²) in [6.07, 6.45) is 1.46. The Balaban J connectivity index is 2.01. The summed E-state index contributed by atoms with van der Waals surface area (Å²) in [5.74, 6) is -2.22. The van der Waals surface area contributed by atoms with E-state index in [0.29, 0.717) is 15.9 Å². The lowest BCUT2D eigenvalue weighted by molar-refractivity contribution is -0.115. The lowest BCUT2D eigenvalue weighted by Gasteiger charge is -2.05. The fourth-order valence-electron chi connectivity index (χ4n) is 1.49. The summed E-state index contributed by atoms with van der Waals surface area (Å²) in [7, 11) is 0. The molecule has 6 heteroatoms. The quantitative estimate of drug-likeness (QED) is 0.879. The minimum absolute atomic E-state index is 0.0345. The number of anilines is 1. The van der Waals surface area contributed by atoms with Crippen LogP contribution in [-0.4, -0.2) is 10.9 Å². The van der Waals surface area contributed by atoms with Gasteiger partial charge >= 0.3 is 0 Å². The molecule has 0 atom stereocenters. The van der Waals surface area contributed by atoms with Crippen LogP contribution in [0.15, 0.2) is 41.1 Å². The highest BCUT2D eigenvalue weighted by atomic mass is 79.9. The maximum absolute atomic E-state index is 13.0. The summed E-state index contributed by atoms with van der Waals surface area (Å²) >= 11 is 3.18. The number of halogens is 3. The number of nitrogens with zero attached hydrogens (tertiary/aromatic N) is 1. The molecular formula is C13H9BrF2N2O. The van der Waals surface area contributed by atoms with E-state index in [2.05, 4.69) is 26.2 Å². The van der Waals surface area contributed by atoms with Crippen molar-refractivity contribution in [1.29, 1.82) is 0 Å². The van der Waals surface area contributed by atoms with Gasteiger partial charge < -0.3 is 5.32 Å². The van der Waals surface area contributed by atoms with Gasteiger partial charge in [-0.2, -0.15) is 0 Å². The largest absolute Gasteiger partial charge is 0.324 e. The van der Waals surface area contributed by atoms with Gasteiger partial charge in [0.2, 0.25) is 5.91 Å². The third-order valence-electron chi connectivity index (χ3n) is 2.36. The van der Waals surface area contributed by atoms with Crippen molar-refractivity contribution in [2.45, 2.75) is 6.42 Å². The Morgan fingerprint density at radius 1 is 1.21 bits per heavy atom. The van der Waals surface area contributed by atoms with Gasteiger partial charge in [0, 0.05) is 0 Å². The van der Waals surface area contributed by atoms with Gasteiger partial charge in [0.05, 0.1) is 18.3 Å². The van der Waals surface area contributed by atoms with E-state index in [1.54, 1.807) is 12.1 Å². The third kappa shape index (κ3) is 3.82. The predicted octanol–water partition coefficient (Wildman–Crippen LogP) is 3.30. The first-order valence-electron chi connectivity index (χ1n) is 5.40. The Morgan fingerprint density at radius 3 is 2.63 bits per heavy atom. The average Bonchev–Trinajstić information content (AvgIpc) is 2.37. The first-order valence-corrected chi connectivity index (χ1v) is 6.19. The summed E-state index contributed by atoms with van der Waals surface area (Å²) in [5, 5.41) is 2.61. The Bertz CT molecular complexity index is 602. The zero-order valence-corrected chi connectivity index (χ0v) is 11.2. The number of carbonyl (C=O) groups excluding carboxylic acids is 1. The maximum atomic E-state index is 13.0. The molecule has 2 aromatic rings. The number of hydrogen-bond acceptors (Lipinski definition) is 2. The van der Waals surface area contributed by atoms with Crippen LogP contribution in [-0.2, 0) is 11.2 Å². The molecule has 0 bridgehead atoms. The fourth-order valence-corrected chi connectivity index (χ4v) is 1.72. The Morgan fingerprint density at radius 2 is 2.00 bits per heavy atom. The van der Waals surface area contributed by atoms with Crippen LogP contribution in [0.1, 0.15) is 5.56 Å². The monoisotopic (exact) mass is 326 g/mol. The van der Waals surface area contributed by atoms with Gasteiger partial charge in [0.1, 0.15) is 4.60 Å². The molecule has 1 heterocycles. The van der Waals surface area contributed by atoms with E-state index in [4.69, 9.17) is 0 Å². The van der Waals surface area contributed by atoms with Crippen LogP contribution in [0, 0.1) is 11.6 Å². The molecule has 0 aliphatic carbocycles. The van der Waals surface area contributed by atoms with Crippen molar-refractivity contribution in [1.82, 2.24) is 4.98 Å². The molecule has 3 nitrogen and oxygen atoms in total. The van der Waals surface area contributed by atoms with Crippen molar-refractivity contribution in [2.75, 3.05) is 5.32 Å². The van der Waals surface area contributed by atoms with Gasteiger partial charge in [-0.15, -0.1) is 0 Å². The van der Waals surface area contributed by atoms with E-state index in [1.807, 2.05) is 0 Å². The SMILES string of the molecule is O=C(Cc1ccc(F)c(F)c1)Nc1ccc(Br)nc1. The van der Waals surface area contributed by atoms with Crippen molar-refractivity contribution in [3.8, 4) is 0 Å². The van der Waals surface area contributed by atoms with Crippen LogP contribution in [0.4, 0.5) is 14.5 Å². The van der Waals surface area contributed by atoms with Gasteiger partial charge in [-0.25, -0.2) is 13.8 Å². The smallest absolute Gasteiger partial charge is 0.228 e. The van der Waals surface area contributed by atoms with Gasteiger partial charge in [-0.1, -0.05) is 6.07 Å². The number of carbonyl (C=O) groups is 1. The number of benzene rings is 1. The molecule has 0 unspecified atom stereocenters. The Hall–Kier alpha value is -1.82. The predicted molar refractivity (Wildman–Crippen MR) is 70.6 cm³/mol. The van der Waals surface area contributed by atoms with E-state index < -0.39 is 11.6 Å². The summed E-state index contributed by atoms with van der Waals surface area (Å²) in [5.41, 5.74) is 0.942. The highest BCUT2D eigenvalue weighted by molar-refractivity contribution is 9.10. The van der Waals surface area contributed by atoms with Crippen molar-refractivity contribution < 1.29 is 13.6 Å². The molecule has 2 rings (SSSR count). The molecule has 98 valence electrons. The second kappa shape index (κ2) is 5.88. The normalized spacial score (nSPS) is 10.3. The minimum Gasteiger partial charge on any atom is -0.324 e. The van der Waals surface area contributed by atoms with E-state index in [0.717, 1.165) is 12.1 Å². The molecule has 1 aromatic carbocycles. The zero-order chi connectivity index (χ0) is 13.8. The second-order valence-electron chi connectivity index (χ2n) is 3.84. The lowest BCUT2D eigenvalue weighted by Crippen LogP contribution is -2.14. The van der Waals surface area contributed by atoms with Crippen LogP contribution >= 0.6 is 15.9 Å². The summed E-state index contributed by atoms with van der Waals surface area (Å²) in [6, 6.07) is 6.75. The molecule has 0 fully saturated rings. The van der Waals surface area contributed by atoms with Crippen LogP contribution in [0.3, 0.4) is 0 Å². The number of nitrogens with one attached hydrogen (secondary N) is 1. The van der Waals surface area contributed by atoms with Gasteiger partial charge in [-0.05, 0) is 45.8 Å². The van der Waals surface area contributed by atoms with Crippen LogP contribution < -0.4 is 5.32 Å². The van der Waals surface area contributed by atoms with Crippen molar-refractivity contribution >= 4 is 27.5 Å². The molecule has 1 aromatic heterocycles. The van der Waals surface area contributed by atoms with Gasteiger partial charge in [0.25, 0.3) is 0 Å². The van der Waals surface area contributed by atoms with Crippen molar-refractivity contribution in [3.05, 3.63) is 58.3 Å². The van der Waals surface area contributed by atoms with Crippen molar-refractivity contribution in [3.63, 3.8) is 0 Å². The number of amides is 1.